The number of imidazole rings is 2. The number of carbonyl (C=O) groups excluding carboxylic acids is 4. The molecule has 2 aliphatic carbocycles. The van der Waals surface area contributed by atoms with Crippen LogP contribution >= 0.6 is 11.6 Å². The second-order valence-electron chi connectivity index (χ2n) is 17.9. The van der Waals surface area contributed by atoms with Crippen molar-refractivity contribution in [3.63, 3.8) is 0 Å². The summed E-state index contributed by atoms with van der Waals surface area (Å²) >= 11 is 6.82. The van der Waals surface area contributed by atoms with Crippen LogP contribution in [0.1, 0.15) is 75.1 Å². The lowest BCUT2D eigenvalue weighted by Gasteiger charge is -2.35. The highest BCUT2D eigenvalue weighted by Gasteiger charge is 2.58. The number of carbonyl (C=O) groups is 4. The molecule has 4 N–H and O–H groups in total. The number of benzene rings is 2. The maximum atomic E-state index is 14.2. The summed E-state index contributed by atoms with van der Waals surface area (Å²) in [5.41, 5.74) is 5.32. The Morgan fingerprint density at radius 2 is 1.19 bits per heavy atom. The van der Waals surface area contributed by atoms with Crippen LogP contribution < -0.4 is 10.6 Å². The van der Waals surface area contributed by atoms with E-state index in [9.17, 15) is 19.2 Å². The molecule has 0 unspecified atom stereocenters. The van der Waals surface area contributed by atoms with Crippen molar-refractivity contribution in [1.29, 1.82) is 0 Å². The molecule has 16 nitrogen and oxygen atoms in total. The Labute approximate surface area is 370 Å². The smallest absolute Gasteiger partial charge is 0.407 e. The Morgan fingerprint density at radius 3 is 1.68 bits per heavy atom. The maximum absolute atomic E-state index is 14.2. The summed E-state index contributed by atoms with van der Waals surface area (Å²) in [6.45, 7) is 2.12. The average Bonchev–Trinajstić information content (AvgIpc) is 3.97. The minimum absolute atomic E-state index is 0.0966. The number of amides is 4. The Hall–Kier alpha value is -5.45. The van der Waals surface area contributed by atoms with Crippen molar-refractivity contribution in [2.24, 2.45) is 23.7 Å². The molecule has 332 valence electrons. The summed E-state index contributed by atoms with van der Waals surface area (Å²) in [6.07, 6.45) is 7.27. The van der Waals surface area contributed by atoms with Crippen LogP contribution in [0, 0.1) is 23.7 Å². The molecule has 6 fully saturated rings. The van der Waals surface area contributed by atoms with Crippen LogP contribution in [0.2, 0.25) is 5.15 Å². The highest BCUT2D eigenvalue weighted by Crippen LogP contribution is 2.55. The van der Waals surface area contributed by atoms with Gasteiger partial charge in [-0.3, -0.25) is 9.59 Å². The van der Waals surface area contributed by atoms with Gasteiger partial charge in [0.15, 0.2) is 0 Å². The van der Waals surface area contributed by atoms with Crippen LogP contribution in [0.3, 0.4) is 0 Å². The molecule has 10 atom stereocenters. The fourth-order valence-electron chi connectivity index (χ4n) is 10.6. The first-order valence-corrected chi connectivity index (χ1v) is 22.6. The van der Waals surface area contributed by atoms with E-state index >= 15 is 0 Å². The van der Waals surface area contributed by atoms with Gasteiger partial charge in [0, 0.05) is 42.7 Å². The number of fused-ring (bicyclic) bond motifs is 2. The van der Waals surface area contributed by atoms with Crippen LogP contribution in [0.25, 0.3) is 33.6 Å². The van der Waals surface area contributed by atoms with Crippen molar-refractivity contribution in [2.45, 2.75) is 87.6 Å². The summed E-state index contributed by atoms with van der Waals surface area (Å²) in [6, 6.07) is 14.6. The largest absolute Gasteiger partial charge is 0.453 e. The third kappa shape index (κ3) is 8.17. The van der Waals surface area contributed by atoms with Crippen LogP contribution in [0.4, 0.5) is 9.59 Å². The molecule has 0 radical (unpaired) electrons. The lowest BCUT2D eigenvalue weighted by Crippen LogP contribution is -2.54. The van der Waals surface area contributed by atoms with Gasteiger partial charge in [0.1, 0.15) is 34.6 Å². The van der Waals surface area contributed by atoms with E-state index in [-0.39, 0.29) is 47.8 Å². The fourth-order valence-corrected chi connectivity index (χ4v) is 10.8. The number of aromatic nitrogens is 4. The summed E-state index contributed by atoms with van der Waals surface area (Å²) in [7, 11) is 2.61. The Balaban J connectivity index is 0.817. The second kappa shape index (κ2) is 17.3. The minimum atomic E-state index is -0.756. The zero-order chi connectivity index (χ0) is 43.4. The van der Waals surface area contributed by atoms with Gasteiger partial charge in [-0.2, -0.15) is 0 Å². The molecule has 6 heterocycles. The highest BCUT2D eigenvalue weighted by molar-refractivity contribution is 6.32. The molecule has 4 amide bonds. The lowest BCUT2D eigenvalue weighted by molar-refractivity contribution is -0.139. The molecule has 6 aliphatic rings. The molecule has 4 saturated heterocycles. The first-order chi connectivity index (χ1) is 30.7. The van der Waals surface area contributed by atoms with Crippen LogP contribution in [0.15, 0.2) is 54.7 Å². The third-order valence-electron chi connectivity index (χ3n) is 14.1. The van der Waals surface area contributed by atoms with Crippen molar-refractivity contribution in [1.82, 2.24) is 40.4 Å². The standard InChI is InChI=1S/C46H53ClN8O8/c1-60-45(58)51-38(28-5-3-15-62-22-28)43(56)54-33-17-30(33)19-35(54)41-48-21-32(49-41)26-11-7-24(8-12-26)25-9-13-27(14-10-25)37-40(47)53-42(50-37)36-20-31-18-34(31)55(36)44(57)39(52-46(59)61-2)29-6-4-16-63-23-29/h7-14,21,28-31,33-36,38-39H,3-6,15-20,22-23H2,1-2H3,(H,48,49)(H,50,53)(H,51,58)(H,52,59)/t28-,29-,30-,31-,33-,34-,35+,36+,38+,39+/m1/s1. The summed E-state index contributed by atoms with van der Waals surface area (Å²) < 4.78 is 21.2. The molecule has 0 spiro atoms. The number of likely N-dealkylation sites (tertiary alicyclic amines) is 2. The number of nitrogens with zero attached hydrogens (tertiary/aromatic N) is 4. The first-order valence-electron chi connectivity index (χ1n) is 22.2. The van der Waals surface area contributed by atoms with Gasteiger partial charge in [-0.15, -0.1) is 0 Å². The number of hydrogen-bond donors (Lipinski definition) is 4. The number of hydrogen-bond acceptors (Lipinski definition) is 10. The number of ether oxygens (including phenoxy) is 4. The van der Waals surface area contributed by atoms with Gasteiger partial charge in [0.05, 0.1) is 51.4 Å². The molecule has 2 aromatic heterocycles. The number of methoxy groups -OCH3 is 2. The molecular formula is C46H53ClN8O8. The van der Waals surface area contributed by atoms with Crippen molar-refractivity contribution >= 4 is 35.6 Å². The van der Waals surface area contributed by atoms with E-state index in [0.29, 0.717) is 54.9 Å². The molecule has 17 heteroatoms. The predicted molar refractivity (Wildman–Crippen MR) is 230 cm³/mol. The SMILES string of the molecule is COC(=O)N[C@H](C(=O)N1[C@@H]2C[C@@H]2C[C@H]1c1ncc(-c2ccc(-c3ccc(-c4nc([C@@H]5C[C@H]6C[C@H]6N5C(=O)[C@@H](NC(=O)OC)[C@@H]5CCCOC5)[nH]c4Cl)cc3)cc2)[nH]1)[C@@H]1CCCOC1. The first kappa shape index (κ1) is 41.6. The van der Waals surface area contributed by atoms with E-state index in [1.165, 1.54) is 14.2 Å². The number of aromatic amines is 2. The summed E-state index contributed by atoms with van der Waals surface area (Å²) in [5.74, 6) is 1.64. The quantitative estimate of drug-likeness (QED) is 0.131. The van der Waals surface area contributed by atoms with Crippen molar-refractivity contribution < 1.29 is 38.1 Å². The van der Waals surface area contributed by atoms with Gasteiger partial charge in [0.25, 0.3) is 0 Å². The van der Waals surface area contributed by atoms with Gasteiger partial charge < -0.3 is 49.3 Å². The number of H-pyrrole nitrogens is 2. The molecule has 4 aromatic rings. The molecular weight excluding hydrogens is 828 g/mol. The minimum Gasteiger partial charge on any atom is -0.453 e. The van der Waals surface area contributed by atoms with Crippen molar-refractivity contribution in [2.75, 3.05) is 40.6 Å². The summed E-state index contributed by atoms with van der Waals surface area (Å²) in [4.78, 5) is 73.5. The lowest BCUT2D eigenvalue weighted by atomic mass is 9.92. The fraction of sp³-hybridized carbons (Fsp3) is 0.522. The zero-order valence-corrected chi connectivity index (χ0v) is 36.1. The number of alkyl carbamates (subject to hydrolysis) is 2. The van der Waals surface area contributed by atoms with E-state index in [1.54, 1.807) is 0 Å². The summed E-state index contributed by atoms with van der Waals surface area (Å²) in [5, 5.41) is 6.04. The van der Waals surface area contributed by atoms with Gasteiger partial charge in [-0.05, 0) is 79.9 Å². The highest BCUT2D eigenvalue weighted by atomic mass is 35.5. The molecule has 0 bridgehead atoms. The Kier molecular flexibility index (Phi) is 11.4. The average molecular weight is 881 g/mol. The van der Waals surface area contributed by atoms with E-state index in [2.05, 4.69) is 44.9 Å². The van der Waals surface area contributed by atoms with Crippen molar-refractivity contribution in [3.05, 3.63) is 71.5 Å². The Morgan fingerprint density at radius 1 is 0.698 bits per heavy atom. The van der Waals surface area contributed by atoms with E-state index in [1.807, 2.05) is 40.3 Å². The number of rotatable bonds is 11. The van der Waals surface area contributed by atoms with Gasteiger partial charge in [-0.1, -0.05) is 60.1 Å². The number of halogens is 1. The Bertz CT molecular complexity index is 2340. The van der Waals surface area contributed by atoms with Gasteiger partial charge >= 0.3 is 12.2 Å². The molecule has 2 aromatic carbocycles. The van der Waals surface area contributed by atoms with E-state index < -0.39 is 24.3 Å². The van der Waals surface area contributed by atoms with Crippen LogP contribution in [0.5, 0.6) is 0 Å². The van der Waals surface area contributed by atoms with Crippen LogP contribution in [-0.4, -0.2) is 119 Å². The van der Waals surface area contributed by atoms with Crippen LogP contribution in [-0.2, 0) is 28.5 Å². The molecule has 4 aliphatic heterocycles. The van der Waals surface area contributed by atoms with Gasteiger partial charge in [0.2, 0.25) is 11.8 Å². The topological polar surface area (TPSA) is 193 Å². The second-order valence-corrected chi connectivity index (χ2v) is 18.3. The third-order valence-corrected chi connectivity index (χ3v) is 14.4. The monoisotopic (exact) mass is 880 g/mol. The van der Waals surface area contributed by atoms with Gasteiger partial charge in [-0.25, -0.2) is 19.6 Å². The molecule has 63 heavy (non-hydrogen) atoms. The zero-order valence-electron chi connectivity index (χ0n) is 35.4. The number of nitrogens with one attached hydrogen (secondary N) is 4. The maximum Gasteiger partial charge on any atom is 0.407 e. The van der Waals surface area contributed by atoms with E-state index in [0.717, 1.165) is 85.1 Å². The van der Waals surface area contributed by atoms with Crippen molar-refractivity contribution in [3.8, 4) is 33.6 Å². The molecule has 2 saturated carbocycles. The normalized spacial score (nSPS) is 28.0. The van der Waals surface area contributed by atoms with E-state index in [4.69, 9.17) is 40.5 Å². The molecule has 10 rings (SSSR count). The number of piperidine rings is 2. The predicted octanol–water partition coefficient (Wildman–Crippen LogP) is 6.41.